The number of sulfonamides is 1. The van der Waals surface area contributed by atoms with Crippen molar-refractivity contribution in [1.82, 2.24) is 9.62 Å². The van der Waals surface area contributed by atoms with Crippen molar-refractivity contribution >= 4 is 15.9 Å². The van der Waals surface area contributed by atoms with Crippen molar-refractivity contribution < 1.29 is 22.7 Å². The van der Waals surface area contributed by atoms with Gasteiger partial charge in [0.05, 0.1) is 36.8 Å². The molecule has 0 bridgehead atoms. The summed E-state index contributed by atoms with van der Waals surface area (Å²) in [6.07, 6.45) is 3.35. The molecule has 1 aliphatic heterocycles. The molecule has 0 unspecified atom stereocenters. The lowest BCUT2D eigenvalue weighted by molar-refractivity contribution is 0.0730. The van der Waals surface area contributed by atoms with Crippen LogP contribution in [0.15, 0.2) is 41.3 Å². The molecule has 1 N–H and O–H groups in total. The van der Waals surface area contributed by atoms with Gasteiger partial charge in [-0.3, -0.25) is 4.79 Å². The van der Waals surface area contributed by atoms with Gasteiger partial charge in [0.1, 0.15) is 5.75 Å². The second kappa shape index (κ2) is 8.98. The Kier molecular flexibility index (Phi) is 6.31. The van der Waals surface area contributed by atoms with Gasteiger partial charge in [0.25, 0.3) is 5.91 Å². The number of carbonyl (C=O) groups excluding carboxylic acids is 1. The van der Waals surface area contributed by atoms with E-state index >= 15 is 0 Å². The Labute approximate surface area is 183 Å². The Balaban J connectivity index is 1.57. The number of methoxy groups -OCH3 is 1. The second-order valence-corrected chi connectivity index (χ2v) is 9.89. The number of morpholine rings is 1. The molecule has 1 saturated heterocycles. The molecule has 0 saturated carbocycles. The van der Waals surface area contributed by atoms with Crippen molar-refractivity contribution in [3.63, 3.8) is 0 Å². The van der Waals surface area contributed by atoms with Crippen molar-refractivity contribution in [3.8, 4) is 5.75 Å². The third-order valence-electron chi connectivity index (χ3n) is 5.99. The molecule has 0 spiro atoms. The van der Waals surface area contributed by atoms with Crippen molar-refractivity contribution in [2.45, 2.75) is 37.1 Å². The Hall–Kier alpha value is -2.42. The van der Waals surface area contributed by atoms with Crippen LogP contribution in [0.25, 0.3) is 0 Å². The van der Waals surface area contributed by atoms with Crippen LogP contribution in [0.5, 0.6) is 5.75 Å². The van der Waals surface area contributed by atoms with E-state index in [1.807, 2.05) is 13.0 Å². The predicted octanol–water partition coefficient (Wildman–Crippen LogP) is 2.70. The summed E-state index contributed by atoms with van der Waals surface area (Å²) in [6, 6.07) is 10.5. The lowest BCUT2D eigenvalue weighted by Crippen LogP contribution is -2.40. The number of hydrogen-bond donors (Lipinski definition) is 1. The van der Waals surface area contributed by atoms with Crippen LogP contribution in [0.3, 0.4) is 0 Å². The molecule has 0 aromatic heterocycles. The van der Waals surface area contributed by atoms with E-state index < -0.39 is 10.0 Å². The maximum absolute atomic E-state index is 13.1. The van der Waals surface area contributed by atoms with Crippen molar-refractivity contribution in [2.75, 3.05) is 33.4 Å². The van der Waals surface area contributed by atoms with Gasteiger partial charge >= 0.3 is 0 Å². The Morgan fingerprint density at radius 1 is 1.10 bits per heavy atom. The number of nitrogens with one attached hydrogen (secondary N) is 1. The van der Waals surface area contributed by atoms with E-state index in [4.69, 9.17) is 9.47 Å². The van der Waals surface area contributed by atoms with E-state index in [0.717, 1.165) is 18.4 Å². The molecule has 1 fully saturated rings. The maximum Gasteiger partial charge on any atom is 0.255 e. The number of benzene rings is 2. The van der Waals surface area contributed by atoms with Gasteiger partial charge in [-0.2, -0.15) is 4.31 Å². The predicted molar refractivity (Wildman–Crippen MR) is 117 cm³/mol. The smallest absolute Gasteiger partial charge is 0.255 e. The summed E-state index contributed by atoms with van der Waals surface area (Å²) in [5.41, 5.74) is 3.95. The average Bonchev–Trinajstić information content (AvgIpc) is 3.27. The third-order valence-corrected chi connectivity index (χ3v) is 7.89. The number of nitrogens with zero attached hydrogens (tertiary/aromatic N) is 1. The highest BCUT2D eigenvalue weighted by Gasteiger charge is 2.28. The SMILES string of the molecule is COc1ccc(S(=O)(=O)N2CCOCC2)cc1C(=O)N[C@@H](C)c1ccc2c(c1)CCC2. The standard InChI is InChI=1S/C23H28N2O5S/c1-16(18-7-6-17-4-3-5-19(17)14-18)24-23(26)21-15-20(8-9-22(21)29-2)31(27,28)25-10-12-30-13-11-25/h6-9,14-16H,3-5,10-13H2,1-2H3,(H,24,26)/t16-/m0/s1. The number of aryl methyl sites for hydroxylation is 2. The molecule has 8 heteroatoms. The van der Waals surface area contributed by atoms with E-state index in [1.165, 1.54) is 47.2 Å². The summed E-state index contributed by atoms with van der Waals surface area (Å²) in [7, 11) is -2.25. The number of rotatable bonds is 6. The molecule has 0 radical (unpaired) electrons. The minimum absolute atomic E-state index is 0.0746. The van der Waals surface area contributed by atoms with Crippen molar-refractivity contribution in [3.05, 3.63) is 58.7 Å². The fraction of sp³-hybridized carbons (Fsp3) is 0.435. The average molecular weight is 445 g/mol. The highest BCUT2D eigenvalue weighted by Crippen LogP contribution is 2.28. The highest BCUT2D eigenvalue weighted by atomic mass is 32.2. The van der Waals surface area contributed by atoms with Gasteiger partial charge in [-0.25, -0.2) is 8.42 Å². The summed E-state index contributed by atoms with van der Waals surface area (Å²) in [6.45, 7) is 3.24. The van der Waals surface area contributed by atoms with Crippen molar-refractivity contribution in [2.24, 2.45) is 0 Å². The molecule has 166 valence electrons. The molecule has 4 rings (SSSR count). The molecule has 2 aromatic rings. The van der Waals surface area contributed by atoms with Crippen LogP contribution in [0, 0.1) is 0 Å². The van der Waals surface area contributed by atoms with Crippen LogP contribution >= 0.6 is 0 Å². The van der Waals surface area contributed by atoms with Gasteiger partial charge in [-0.1, -0.05) is 18.2 Å². The monoisotopic (exact) mass is 444 g/mol. The zero-order valence-electron chi connectivity index (χ0n) is 17.9. The minimum Gasteiger partial charge on any atom is -0.496 e. The van der Waals surface area contributed by atoms with Gasteiger partial charge in [-0.15, -0.1) is 0 Å². The number of ether oxygens (including phenoxy) is 2. The third kappa shape index (κ3) is 4.46. The fourth-order valence-corrected chi connectivity index (χ4v) is 5.61. The second-order valence-electron chi connectivity index (χ2n) is 7.96. The van der Waals surface area contributed by atoms with Crippen LogP contribution in [-0.4, -0.2) is 52.0 Å². The van der Waals surface area contributed by atoms with Gasteiger partial charge in [-0.05, 0) is 61.1 Å². The van der Waals surface area contributed by atoms with E-state index in [2.05, 4.69) is 17.4 Å². The summed E-state index contributed by atoms with van der Waals surface area (Å²) >= 11 is 0. The van der Waals surface area contributed by atoms with Gasteiger partial charge in [0.15, 0.2) is 0 Å². The van der Waals surface area contributed by atoms with Crippen LogP contribution in [0.1, 0.15) is 46.4 Å². The normalized spacial score (nSPS) is 17.7. The minimum atomic E-state index is -3.71. The van der Waals surface area contributed by atoms with Crippen LogP contribution in [-0.2, 0) is 27.6 Å². The molecule has 1 atom stereocenters. The van der Waals surface area contributed by atoms with Crippen molar-refractivity contribution in [1.29, 1.82) is 0 Å². The number of carbonyl (C=O) groups is 1. The van der Waals surface area contributed by atoms with E-state index in [0.29, 0.717) is 32.1 Å². The summed E-state index contributed by atoms with van der Waals surface area (Å²) in [4.78, 5) is 13.2. The first-order valence-corrected chi connectivity index (χ1v) is 12.0. The molecule has 2 aromatic carbocycles. The molecule has 1 heterocycles. The lowest BCUT2D eigenvalue weighted by atomic mass is 10.0. The van der Waals surface area contributed by atoms with E-state index in [9.17, 15) is 13.2 Å². The molecule has 7 nitrogen and oxygen atoms in total. The summed E-state index contributed by atoms with van der Waals surface area (Å²) < 4.78 is 38.0. The van der Waals surface area contributed by atoms with Crippen LogP contribution in [0.4, 0.5) is 0 Å². The van der Waals surface area contributed by atoms with Gasteiger partial charge < -0.3 is 14.8 Å². The quantitative estimate of drug-likeness (QED) is 0.741. The first kappa shape index (κ1) is 21.8. The molecular weight excluding hydrogens is 416 g/mol. The molecular formula is C23H28N2O5S. The topological polar surface area (TPSA) is 84.9 Å². The Morgan fingerprint density at radius 2 is 1.84 bits per heavy atom. The van der Waals surface area contributed by atoms with E-state index in [1.54, 1.807) is 0 Å². The first-order chi connectivity index (χ1) is 14.9. The highest BCUT2D eigenvalue weighted by molar-refractivity contribution is 7.89. The molecule has 1 amide bonds. The van der Waals surface area contributed by atoms with Gasteiger partial charge in [0, 0.05) is 13.1 Å². The lowest BCUT2D eigenvalue weighted by Gasteiger charge is -2.26. The van der Waals surface area contributed by atoms with E-state index in [-0.39, 0.29) is 22.4 Å². The molecule has 2 aliphatic rings. The summed E-state index contributed by atoms with van der Waals surface area (Å²) in [5.74, 6) is -0.0385. The first-order valence-electron chi connectivity index (χ1n) is 10.6. The molecule has 31 heavy (non-hydrogen) atoms. The largest absolute Gasteiger partial charge is 0.496 e. The van der Waals surface area contributed by atoms with Crippen LogP contribution < -0.4 is 10.1 Å². The fourth-order valence-electron chi connectivity index (χ4n) is 4.18. The molecule has 1 aliphatic carbocycles. The van der Waals surface area contributed by atoms with Crippen LogP contribution in [0.2, 0.25) is 0 Å². The Bertz CT molecular complexity index is 1080. The maximum atomic E-state index is 13.1. The zero-order chi connectivity index (χ0) is 22.0. The Morgan fingerprint density at radius 3 is 2.58 bits per heavy atom. The number of amides is 1. The number of fused-ring (bicyclic) bond motifs is 1. The number of hydrogen-bond acceptors (Lipinski definition) is 5. The zero-order valence-corrected chi connectivity index (χ0v) is 18.7. The van der Waals surface area contributed by atoms with Gasteiger partial charge in [0.2, 0.25) is 10.0 Å². The summed E-state index contributed by atoms with van der Waals surface area (Å²) in [5, 5.41) is 2.99.